The van der Waals surface area contributed by atoms with E-state index in [9.17, 15) is 9.59 Å². The van der Waals surface area contributed by atoms with Gasteiger partial charge in [0.1, 0.15) is 5.70 Å². The topological polar surface area (TPSA) is 111 Å². The van der Waals surface area contributed by atoms with Crippen molar-refractivity contribution in [1.82, 2.24) is 5.32 Å². The van der Waals surface area contributed by atoms with Crippen molar-refractivity contribution >= 4 is 18.2 Å². The lowest BCUT2D eigenvalue weighted by atomic mass is 10.2. The number of nitrogens with two attached hydrogens (primary N) is 2. The molecule has 0 aromatic heterocycles. The SMILES string of the molecule is NC(=O)C1=C(C(N)=O)NC=NC=C1. The zero-order valence-electron chi connectivity index (χ0n) is 6.65. The molecule has 0 aliphatic carbocycles. The average molecular weight is 180 g/mol. The normalized spacial score (nSPS) is 15.1. The van der Waals surface area contributed by atoms with Crippen LogP contribution in [0.25, 0.3) is 0 Å². The standard InChI is InChI=1S/C7H8N4O2/c8-6(12)4-1-2-10-3-11-5(4)7(9)13/h1-3H,(H2,8,12)(H2,9,13)(H,10,11). The third kappa shape index (κ3) is 1.92. The summed E-state index contributed by atoms with van der Waals surface area (Å²) < 4.78 is 0. The summed E-state index contributed by atoms with van der Waals surface area (Å²) in [7, 11) is 0. The molecule has 5 N–H and O–H groups in total. The van der Waals surface area contributed by atoms with Gasteiger partial charge in [0.15, 0.2) is 0 Å². The highest BCUT2D eigenvalue weighted by atomic mass is 16.2. The highest BCUT2D eigenvalue weighted by Crippen LogP contribution is 2.04. The quantitative estimate of drug-likeness (QED) is 0.473. The maximum Gasteiger partial charge on any atom is 0.265 e. The first-order valence-corrected chi connectivity index (χ1v) is 3.41. The van der Waals surface area contributed by atoms with Gasteiger partial charge in [0.25, 0.3) is 11.8 Å². The Balaban J connectivity index is 3.17. The van der Waals surface area contributed by atoms with Crippen LogP contribution >= 0.6 is 0 Å². The molecule has 1 aliphatic rings. The number of carbonyl (C=O) groups excluding carboxylic acids is 2. The number of nitrogens with one attached hydrogen (secondary N) is 1. The van der Waals surface area contributed by atoms with Crippen LogP contribution in [0.3, 0.4) is 0 Å². The van der Waals surface area contributed by atoms with E-state index in [1.54, 1.807) is 0 Å². The highest BCUT2D eigenvalue weighted by Gasteiger charge is 2.14. The van der Waals surface area contributed by atoms with E-state index in [2.05, 4.69) is 10.3 Å². The number of rotatable bonds is 2. The van der Waals surface area contributed by atoms with Crippen molar-refractivity contribution in [2.75, 3.05) is 0 Å². The van der Waals surface area contributed by atoms with Gasteiger partial charge in [-0.25, -0.2) is 4.99 Å². The van der Waals surface area contributed by atoms with E-state index in [-0.39, 0.29) is 11.3 Å². The summed E-state index contributed by atoms with van der Waals surface area (Å²) in [4.78, 5) is 25.3. The van der Waals surface area contributed by atoms with E-state index in [1.165, 1.54) is 18.6 Å². The van der Waals surface area contributed by atoms with Crippen LogP contribution in [0.15, 0.2) is 28.5 Å². The molecule has 0 saturated heterocycles. The molecule has 68 valence electrons. The van der Waals surface area contributed by atoms with E-state index in [1.807, 2.05) is 0 Å². The number of primary amides is 2. The van der Waals surface area contributed by atoms with Crippen LogP contribution < -0.4 is 16.8 Å². The van der Waals surface area contributed by atoms with Gasteiger partial charge in [-0.2, -0.15) is 0 Å². The molecule has 0 atom stereocenters. The molecule has 6 nitrogen and oxygen atoms in total. The maximum atomic E-state index is 10.8. The van der Waals surface area contributed by atoms with Gasteiger partial charge in [-0.05, 0) is 6.08 Å². The number of hydrogen-bond donors (Lipinski definition) is 3. The minimum atomic E-state index is -0.758. The Labute approximate surface area is 74.0 Å². The molecule has 0 radical (unpaired) electrons. The first-order valence-electron chi connectivity index (χ1n) is 3.41. The predicted octanol–water partition coefficient (Wildman–Crippen LogP) is -1.64. The van der Waals surface area contributed by atoms with Crippen molar-refractivity contribution in [3.05, 3.63) is 23.5 Å². The van der Waals surface area contributed by atoms with Crippen LogP contribution in [0.4, 0.5) is 0 Å². The van der Waals surface area contributed by atoms with Gasteiger partial charge in [0.05, 0.1) is 11.9 Å². The zero-order valence-corrected chi connectivity index (χ0v) is 6.65. The van der Waals surface area contributed by atoms with E-state index >= 15 is 0 Å². The molecule has 6 heteroatoms. The molecule has 0 unspecified atom stereocenters. The smallest absolute Gasteiger partial charge is 0.265 e. The Kier molecular flexibility index (Phi) is 2.44. The van der Waals surface area contributed by atoms with Gasteiger partial charge in [0, 0.05) is 6.20 Å². The first-order chi connectivity index (χ1) is 6.13. The molecule has 0 bridgehead atoms. The van der Waals surface area contributed by atoms with Crippen LogP contribution in [0.5, 0.6) is 0 Å². The van der Waals surface area contributed by atoms with Crippen LogP contribution in [0, 0.1) is 0 Å². The summed E-state index contributed by atoms with van der Waals surface area (Å²) in [5, 5.41) is 2.46. The van der Waals surface area contributed by atoms with Crippen molar-refractivity contribution in [1.29, 1.82) is 0 Å². The van der Waals surface area contributed by atoms with E-state index in [0.29, 0.717) is 0 Å². The second kappa shape index (κ2) is 3.53. The molecule has 0 saturated carbocycles. The Morgan fingerprint density at radius 2 is 2.00 bits per heavy atom. The third-order valence-electron chi connectivity index (χ3n) is 1.39. The molecular weight excluding hydrogens is 172 g/mol. The Morgan fingerprint density at radius 3 is 2.54 bits per heavy atom. The van der Waals surface area contributed by atoms with Gasteiger partial charge >= 0.3 is 0 Å². The largest absolute Gasteiger partial charge is 0.366 e. The van der Waals surface area contributed by atoms with Gasteiger partial charge < -0.3 is 16.8 Å². The molecule has 0 aromatic rings. The minimum Gasteiger partial charge on any atom is -0.366 e. The molecule has 2 amide bonds. The number of aliphatic imine (C=N–C) groups is 1. The maximum absolute atomic E-state index is 10.8. The average Bonchev–Trinajstić information content (AvgIpc) is 2.27. The monoisotopic (exact) mass is 180 g/mol. The fourth-order valence-electron chi connectivity index (χ4n) is 0.833. The highest BCUT2D eigenvalue weighted by molar-refractivity contribution is 6.06. The second-order valence-electron chi connectivity index (χ2n) is 2.26. The lowest BCUT2D eigenvalue weighted by Gasteiger charge is -2.03. The van der Waals surface area contributed by atoms with Crippen LogP contribution in [0.2, 0.25) is 0 Å². The van der Waals surface area contributed by atoms with E-state index in [4.69, 9.17) is 11.5 Å². The first kappa shape index (κ1) is 8.98. The minimum absolute atomic E-state index is 0.0185. The van der Waals surface area contributed by atoms with Gasteiger partial charge in [0.2, 0.25) is 0 Å². The molecule has 1 rings (SSSR count). The predicted molar refractivity (Wildman–Crippen MR) is 46.2 cm³/mol. The van der Waals surface area contributed by atoms with E-state index < -0.39 is 11.8 Å². The summed E-state index contributed by atoms with van der Waals surface area (Å²) in [6, 6.07) is 0. The Morgan fingerprint density at radius 1 is 1.31 bits per heavy atom. The van der Waals surface area contributed by atoms with Gasteiger partial charge in [-0.15, -0.1) is 0 Å². The van der Waals surface area contributed by atoms with Crippen molar-refractivity contribution in [2.24, 2.45) is 16.5 Å². The van der Waals surface area contributed by atoms with Gasteiger partial charge in [-0.3, -0.25) is 9.59 Å². The number of amides is 2. The Hall–Kier alpha value is -2.11. The molecule has 0 aromatic carbocycles. The summed E-state index contributed by atoms with van der Waals surface area (Å²) in [5.74, 6) is -1.49. The molecular formula is C7H8N4O2. The van der Waals surface area contributed by atoms with Crippen molar-refractivity contribution in [3.8, 4) is 0 Å². The third-order valence-corrected chi connectivity index (χ3v) is 1.39. The summed E-state index contributed by atoms with van der Waals surface area (Å²) in [6.07, 6.45) is 3.90. The number of hydrogen-bond acceptors (Lipinski definition) is 4. The fourth-order valence-corrected chi connectivity index (χ4v) is 0.833. The van der Waals surface area contributed by atoms with Crippen LogP contribution in [-0.4, -0.2) is 18.2 Å². The van der Waals surface area contributed by atoms with E-state index in [0.717, 1.165) is 0 Å². The molecule has 1 aliphatic heterocycles. The van der Waals surface area contributed by atoms with Crippen molar-refractivity contribution < 1.29 is 9.59 Å². The molecule has 13 heavy (non-hydrogen) atoms. The Bertz CT molecular complexity index is 340. The molecule has 1 heterocycles. The van der Waals surface area contributed by atoms with Crippen molar-refractivity contribution in [2.45, 2.75) is 0 Å². The molecule has 0 fully saturated rings. The lowest BCUT2D eigenvalue weighted by Crippen LogP contribution is -2.29. The number of nitrogens with zero attached hydrogens (tertiary/aromatic N) is 1. The van der Waals surface area contributed by atoms with Crippen LogP contribution in [0.1, 0.15) is 0 Å². The van der Waals surface area contributed by atoms with Crippen LogP contribution in [-0.2, 0) is 9.59 Å². The fraction of sp³-hybridized carbons (Fsp3) is 0. The molecule has 0 spiro atoms. The summed E-state index contributed by atoms with van der Waals surface area (Å²) in [6.45, 7) is 0. The number of carbonyl (C=O) groups is 2. The van der Waals surface area contributed by atoms with Crippen molar-refractivity contribution in [3.63, 3.8) is 0 Å². The summed E-state index contributed by atoms with van der Waals surface area (Å²) >= 11 is 0. The lowest BCUT2D eigenvalue weighted by molar-refractivity contribution is -0.117. The summed E-state index contributed by atoms with van der Waals surface area (Å²) in [5.41, 5.74) is 9.98. The zero-order chi connectivity index (χ0) is 9.84. The second-order valence-corrected chi connectivity index (χ2v) is 2.26. The van der Waals surface area contributed by atoms with Gasteiger partial charge in [-0.1, -0.05) is 0 Å².